The standard InChI is InChI=1S/C16H32O3/c1-3-5-7-8-9-10-11-12-13-15(17)16(18)19-14-6-4-2/h15,17H,3-14H2,1-2H3. The minimum absolute atomic E-state index is 0.434. The summed E-state index contributed by atoms with van der Waals surface area (Å²) in [7, 11) is 0. The third-order valence-corrected chi connectivity index (χ3v) is 3.35. The van der Waals surface area contributed by atoms with Crippen LogP contribution in [-0.2, 0) is 9.53 Å². The molecular weight excluding hydrogens is 240 g/mol. The number of hydrogen-bond donors (Lipinski definition) is 1. The Kier molecular flexibility index (Phi) is 13.4. The van der Waals surface area contributed by atoms with Crippen molar-refractivity contribution >= 4 is 5.97 Å². The zero-order valence-corrected chi connectivity index (χ0v) is 12.8. The van der Waals surface area contributed by atoms with E-state index in [0.29, 0.717) is 13.0 Å². The van der Waals surface area contributed by atoms with Crippen LogP contribution in [0, 0.1) is 0 Å². The molecule has 0 saturated carbocycles. The maximum Gasteiger partial charge on any atom is 0.334 e. The van der Waals surface area contributed by atoms with Gasteiger partial charge in [-0.25, -0.2) is 4.79 Å². The smallest absolute Gasteiger partial charge is 0.334 e. The van der Waals surface area contributed by atoms with Crippen LogP contribution in [0.25, 0.3) is 0 Å². The van der Waals surface area contributed by atoms with Crippen molar-refractivity contribution in [1.29, 1.82) is 0 Å². The van der Waals surface area contributed by atoms with Crippen molar-refractivity contribution in [3.63, 3.8) is 0 Å². The molecular formula is C16H32O3. The molecule has 0 aromatic heterocycles. The maximum atomic E-state index is 11.4. The second-order valence-electron chi connectivity index (χ2n) is 5.30. The molecule has 1 atom stereocenters. The average molecular weight is 272 g/mol. The summed E-state index contributed by atoms with van der Waals surface area (Å²) in [6.45, 7) is 4.70. The van der Waals surface area contributed by atoms with Gasteiger partial charge >= 0.3 is 5.97 Å². The Morgan fingerprint density at radius 3 is 2.00 bits per heavy atom. The number of esters is 1. The molecule has 0 aromatic rings. The summed E-state index contributed by atoms with van der Waals surface area (Å²) in [4.78, 5) is 11.4. The lowest BCUT2D eigenvalue weighted by Gasteiger charge is -2.10. The van der Waals surface area contributed by atoms with Crippen molar-refractivity contribution in [2.75, 3.05) is 6.61 Å². The molecule has 0 radical (unpaired) electrons. The van der Waals surface area contributed by atoms with E-state index in [9.17, 15) is 9.90 Å². The topological polar surface area (TPSA) is 46.5 Å². The van der Waals surface area contributed by atoms with Gasteiger partial charge < -0.3 is 9.84 Å². The molecule has 0 aliphatic carbocycles. The Hall–Kier alpha value is -0.570. The van der Waals surface area contributed by atoms with Crippen LogP contribution in [0.5, 0.6) is 0 Å². The minimum atomic E-state index is -0.919. The van der Waals surface area contributed by atoms with E-state index in [1.54, 1.807) is 0 Å². The fourth-order valence-electron chi connectivity index (χ4n) is 2.00. The fraction of sp³-hybridized carbons (Fsp3) is 0.938. The number of aliphatic hydroxyl groups excluding tert-OH is 1. The zero-order chi connectivity index (χ0) is 14.3. The van der Waals surface area contributed by atoms with Crippen molar-refractivity contribution < 1.29 is 14.6 Å². The van der Waals surface area contributed by atoms with Gasteiger partial charge in [0.25, 0.3) is 0 Å². The predicted molar refractivity (Wildman–Crippen MR) is 79.1 cm³/mol. The molecule has 0 heterocycles. The van der Waals surface area contributed by atoms with Gasteiger partial charge in [0.05, 0.1) is 6.61 Å². The van der Waals surface area contributed by atoms with Gasteiger partial charge in [0.1, 0.15) is 0 Å². The zero-order valence-electron chi connectivity index (χ0n) is 12.8. The lowest BCUT2D eigenvalue weighted by molar-refractivity contribution is -0.154. The van der Waals surface area contributed by atoms with Gasteiger partial charge in [-0.3, -0.25) is 0 Å². The highest BCUT2D eigenvalue weighted by molar-refractivity contribution is 5.74. The Labute approximate surface area is 118 Å². The first-order chi connectivity index (χ1) is 9.22. The van der Waals surface area contributed by atoms with Crippen LogP contribution in [0.3, 0.4) is 0 Å². The van der Waals surface area contributed by atoms with Crippen LogP contribution in [-0.4, -0.2) is 23.8 Å². The first-order valence-corrected chi connectivity index (χ1v) is 8.07. The number of carbonyl (C=O) groups is 1. The maximum absolute atomic E-state index is 11.4. The predicted octanol–water partition coefficient (Wildman–Crippen LogP) is 4.22. The molecule has 0 aliphatic rings. The van der Waals surface area contributed by atoms with Crippen LogP contribution in [0.2, 0.25) is 0 Å². The van der Waals surface area contributed by atoms with Gasteiger partial charge in [-0.2, -0.15) is 0 Å². The van der Waals surface area contributed by atoms with Crippen LogP contribution in [0.4, 0.5) is 0 Å². The molecule has 0 bridgehead atoms. The summed E-state index contributed by atoms with van der Waals surface area (Å²) >= 11 is 0. The normalized spacial score (nSPS) is 12.4. The van der Waals surface area contributed by atoms with E-state index >= 15 is 0 Å². The molecule has 0 fully saturated rings. The van der Waals surface area contributed by atoms with E-state index in [2.05, 4.69) is 6.92 Å². The fourth-order valence-corrected chi connectivity index (χ4v) is 2.00. The van der Waals surface area contributed by atoms with Crippen molar-refractivity contribution in [3.05, 3.63) is 0 Å². The number of unbranched alkanes of at least 4 members (excludes halogenated alkanes) is 8. The highest BCUT2D eigenvalue weighted by Gasteiger charge is 2.15. The summed E-state index contributed by atoms with van der Waals surface area (Å²) in [5.41, 5.74) is 0. The van der Waals surface area contributed by atoms with Gasteiger partial charge in [0, 0.05) is 0 Å². The van der Waals surface area contributed by atoms with Gasteiger partial charge in [0.15, 0.2) is 6.10 Å². The first kappa shape index (κ1) is 18.4. The van der Waals surface area contributed by atoms with Crippen LogP contribution in [0.15, 0.2) is 0 Å². The minimum Gasteiger partial charge on any atom is -0.464 e. The molecule has 19 heavy (non-hydrogen) atoms. The van der Waals surface area contributed by atoms with Gasteiger partial charge in [-0.1, -0.05) is 71.6 Å². The van der Waals surface area contributed by atoms with E-state index < -0.39 is 12.1 Å². The second-order valence-corrected chi connectivity index (χ2v) is 5.30. The Morgan fingerprint density at radius 1 is 0.895 bits per heavy atom. The average Bonchev–Trinajstić information content (AvgIpc) is 2.41. The summed E-state index contributed by atoms with van der Waals surface area (Å²) in [6.07, 6.45) is 11.3. The molecule has 0 spiro atoms. The van der Waals surface area contributed by atoms with Crippen molar-refractivity contribution in [1.82, 2.24) is 0 Å². The summed E-state index contributed by atoms with van der Waals surface area (Å²) < 4.78 is 4.98. The number of hydrogen-bond acceptors (Lipinski definition) is 3. The molecule has 1 unspecified atom stereocenters. The first-order valence-electron chi connectivity index (χ1n) is 8.07. The summed E-state index contributed by atoms with van der Waals surface area (Å²) in [6, 6.07) is 0. The highest BCUT2D eigenvalue weighted by Crippen LogP contribution is 2.11. The van der Waals surface area contributed by atoms with Gasteiger partial charge in [-0.05, 0) is 12.8 Å². The SMILES string of the molecule is CCCCCCCCCCC(O)C(=O)OCCCC. The molecule has 0 aliphatic heterocycles. The molecule has 0 amide bonds. The third kappa shape index (κ3) is 12.2. The number of ether oxygens (including phenoxy) is 1. The molecule has 0 aromatic carbocycles. The quantitative estimate of drug-likeness (QED) is 0.403. The highest BCUT2D eigenvalue weighted by atomic mass is 16.5. The van der Waals surface area contributed by atoms with E-state index in [0.717, 1.165) is 25.7 Å². The second kappa shape index (κ2) is 13.9. The Morgan fingerprint density at radius 2 is 1.42 bits per heavy atom. The van der Waals surface area contributed by atoms with Crippen molar-refractivity contribution in [2.24, 2.45) is 0 Å². The van der Waals surface area contributed by atoms with Gasteiger partial charge in [-0.15, -0.1) is 0 Å². The van der Waals surface area contributed by atoms with E-state index in [1.165, 1.54) is 38.5 Å². The van der Waals surface area contributed by atoms with Crippen LogP contribution < -0.4 is 0 Å². The molecule has 0 saturated heterocycles. The molecule has 1 N–H and O–H groups in total. The molecule has 3 nitrogen and oxygen atoms in total. The number of rotatable bonds is 13. The van der Waals surface area contributed by atoms with Crippen LogP contribution >= 0.6 is 0 Å². The summed E-state index contributed by atoms with van der Waals surface area (Å²) in [5, 5.41) is 9.62. The van der Waals surface area contributed by atoms with Crippen molar-refractivity contribution in [2.45, 2.75) is 90.6 Å². The van der Waals surface area contributed by atoms with E-state index in [-0.39, 0.29) is 0 Å². The monoisotopic (exact) mass is 272 g/mol. The van der Waals surface area contributed by atoms with Crippen molar-refractivity contribution in [3.8, 4) is 0 Å². The number of aliphatic hydroxyl groups is 1. The summed E-state index contributed by atoms with van der Waals surface area (Å²) in [5.74, 6) is -0.448. The van der Waals surface area contributed by atoms with E-state index in [4.69, 9.17) is 4.74 Å². The van der Waals surface area contributed by atoms with Crippen LogP contribution in [0.1, 0.15) is 84.5 Å². The Balaban J connectivity index is 3.32. The molecule has 0 rings (SSSR count). The third-order valence-electron chi connectivity index (χ3n) is 3.35. The van der Waals surface area contributed by atoms with E-state index in [1.807, 2.05) is 6.92 Å². The lowest BCUT2D eigenvalue weighted by atomic mass is 10.1. The molecule has 3 heteroatoms. The lowest BCUT2D eigenvalue weighted by Crippen LogP contribution is -2.23. The molecule has 114 valence electrons. The van der Waals surface area contributed by atoms with Gasteiger partial charge in [0.2, 0.25) is 0 Å². The number of carbonyl (C=O) groups excluding carboxylic acids is 1. The largest absolute Gasteiger partial charge is 0.464 e. The Bertz CT molecular complexity index is 204.